The van der Waals surface area contributed by atoms with Crippen molar-refractivity contribution in [2.45, 2.75) is 0 Å². The molecule has 0 saturated carbocycles. The SMILES string of the molecule is O=P(c1ccccc1)(c1ccccc1)c1cnc2c(c1)c(-c1ccccc1)nc1c3ccccc3c3ccccc3c21. The lowest BCUT2D eigenvalue weighted by Gasteiger charge is -2.21. The van der Waals surface area contributed by atoms with Crippen LogP contribution >= 0.6 is 7.14 Å². The molecule has 0 aliphatic rings. The van der Waals surface area contributed by atoms with Gasteiger partial charge in [0.25, 0.3) is 0 Å². The standard InChI is InChI=1S/C38H25N2OP/c41-42(27-16-6-2-7-17-27,28-18-8-3-9-19-28)29-24-34-36(26-14-4-1-5-15-26)40-38-33-23-13-11-21-31(33)30-20-10-12-22-32(30)35(38)37(34)39-25-29/h1-25H. The number of aromatic nitrogens is 2. The number of benzene rings is 6. The van der Waals surface area contributed by atoms with E-state index >= 15 is 4.57 Å². The maximum Gasteiger partial charge on any atom is 0.172 e. The fourth-order valence-corrected chi connectivity index (χ4v) is 8.81. The van der Waals surface area contributed by atoms with Gasteiger partial charge in [0.2, 0.25) is 0 Å². The van der Waals surface area contributed by atoms with Gasteiger partial charge in [0.15, 0.2) is 7.14 Å². The molecule has 0 atom stereocenters. The summed E-state index contributed by atoms with van der Waals surface area (Å²) in [6, 6.07) is 48.7. The van der Waals surface area contributed by atoms with Crippen molar-refractivity contribution in [3.05, 3.63) is 152 Å². The zero-order valence-electron chi connectivity index (χ0n) is 22.7. The molecule has 4 heteroatoms. The van der Waals surface area contributed by atoms with Crippen molar-refractivity contribution in [3.8, 4) is 11.3 Å². The average molecular weight is 557 g/mol. The molecule has 0 radical (unpaired) electrons. The first-order chi connectivity index (χ1) is 20.7. The van der Waals surface area contributed by atoms with Crippen LogP contribution in [0.3, 0.4) is 0 Å². The lowest BCUT2D eigenvalue weighted by atomic mass is 9.94. The second-order valence-electron chi connectivity index (χ2n) is 10.5. The molecule has 0 spiro atoms. The van der Waals surface area contributed by atoms with Crippen molar-refractivity contribution in [1.29, 1.82) is 0 Å². The normalized spacial score (nSPS) is 11.9. The third-order valence-corrected chi connectivity index (χ3v) is 11.2. The first kappa shape index (κ1) is 24.7. The minimum atomic E-state index is -3.23. The minimum absolute atomic E-state index is 0.691. The van der Waals surface area contributed by atoms with Crippen LogP contribution < -0.4 is 15.9 Å². The van der Waals surface area contributed by atoms with Crippen LogP contribution in [-0.4, -0.2) is 9.97 Å². The highest BCUT2D eigenvalue weighted by atomic mass is 31.2. The van der Waals surface area contributed by atoms with Gasteiger partial charge in [0, 0.05) is 43.8 Å². The Morgan fingerprint density at radius 1 is 0.452 bits per heavy atom. The second-order valence-corrected chi connectivity index (χ2v) is 13.3. The summed E-state index contributed by atoms with van der Waals surface area (Å²) >= 11 is 0. The summed E-state index contributed by atoms with van der Waals surface area (Å²) in [6.45, 7) is 0. The van der Waals surface area contributed by atoms with Gasteiger partial charge in [-0.15, -0.1) is 0 Å². The molecule has 0 saturated heterocycles. The Morgan fingerprint density at radius 3 is 1.57 bits per heavy atom. The van der Waals surface area contributed by atoms with Crippen molar-refractivity contribution < 1.29 is 4.57 Å². The summed E-state index contributed by atoms with van der Waals surface area (Å²) < 4.78 is 15.3. The van der Waals surface area contributed by atoms with E-state index in [4.69, 9.17) is 9.97 Å². The van der Waals surface area contributed by atoms with Gasteiger partial charge in [-0.05, 0) is 22.2 Å². The molecule has 0 bridgehead atoms. The van der Waals surface area contributed by atoms with E-state index in [-0.39, 0.29) is 0 Å². The van der Waals surface area contributed by atoms with Crippen LogP contribution in [0.4, 0.5) is 0 Å². The first-order valence-corrected chi connectivity index (χ1v) is 15.7. The molecular weight excluding hydrogens is 531 g/mol. The van der Waals surface area contributed by atoms with E-state index in [1.165, 1.54) is 10.8 Å². The molecule has 0 unspecified atom stereocenters. The Balaban J connectivity index is 1.55. The van der Waals surface area contributed by atoms with Crippen molar-refractivity contribution in [1.82, 2.24) is 9.97 Å². The summed E-state index contributed by atoms with van der Waals surface area (Å²) in [5.41, 5.74) is 3.61. The van der Waals surface area contributed by atoms with Crippen molar-refractivity contribution in [2.75, 3.05) is 0 Å². The molecule has 0 fully saturated rings. The van der Waals surface area contributed by atoms with Gasteiger partial charge >= 0.3 is 0 Å². The molecule has 0 amide bonds. The molecule has 8 aromatic rings. The van der Waals surface area contributed by atoms with Gasteiger partial charge in [-0.1, -0.05) is 140 Å². The Hall–Kier alpha value is -5.11. The Bertz CT molecular complexity index is 2270. The predicted octanol–water partition coefficient (Wildman–Crippen LogP) is 8.40. The van der Waals surface area contributed by atoms with Crippen LogP contribution in [0.2, 0.25) is 0 Å². The van der Waals surface area contributed by atoms with Gasteiger partial charge in [-0.25, -0.2) is 4.98 Å². The number of nitrogens with zero attached hydrogens (tertiary/aromatic N) is 2. The van der Waals surface area contributed by atoms with Gasteiger partial charge < -0.3 is 4.57 Å². The molecule has 0 aliphatic carbocycles. The molecule has 2 aromatic heterocycles. The van der Waals surface area contributed by atoms with E-state index in [0.717, 1.165) is 54.4 Å². The molecule has 3 nitrogen and oxygen atoms in total. The maximum atomic E-state index is 15.3. The second kappa shape index (κ2) is 9.76. The molecule has 198 valence electrons. The number of pyridine rings is 2. The quantitative estimate of drug-likeness (QED) is 0.162. The lowest BCUT2D eigenvalue weighted by molar-refractivity contribution is 0.592. The maximum absolute atomic E-state index is 15.3. The monoisotopic (exact) mass is 556 g/mol. The smallest absolute Gasteiger partial charge is 0.172 e. The van der Waals surface area contributed by atoms with Crippen molar-refractivity contribution in [3.63, 3.8) is 0 Å². The molecule has 8 rings (SSSR count). The third-order valence-electron chi connectivity index (χ3n) is 8.14. The van der Waals surface area contributed by atoms with Crippen LogP contribution in [0.15, 0.2) is 152 Å². The van der Waals surface area contributed by atoms with E-state index in [0.29, 0.717) is 5.30 Å². The first-order valence-electron chi connectivity index (χ1n) is 14.0. The van der Waals surface area contributed by atoms with Gasteiger partial charge in [-0.2, -0.15) is 0 Å². The van der Waals surface area contributed by atoms with Crippen LogP contribution in [0.25, 0.3) is 54.6 Å². The molecule has 42 heavy (non-hydrogen) atoms. The summed E-state index contributed by atoms with van der Waals surface area (Å²) in [7, 11) is -3.23. The molecule has 0 aliphatic heterocycles. The summed E-state index contributed by atoms with van der Waals surface area (Å²) in [4.78, 5) is 10.5. The Kier molecular flexibility index (Phi) is 5.73. The van der Waals surface area contributed by atoms with Gasteiger partial charge in [0.05, 0.1) is 16.7 Å². The molecular formula is C38H25N2OP. The fraction of sp³-hybridized carbons (Fsp3) is 0. The molecule has 2 heterocycles. The summed E-state index contributed by atoms with van der Waals surface area (Å²) in [5, 5.41) is 8.69. The average Bonchev–Trinajstić information content (AvgIpc) is 3.08. The molecule has 6 aromatic carbocycles. The number of hydrogen-bond donors (Lipinski definition) is 0. The van der Waals surface area contributed by atoms with Crippen LogP contribution in [-0.2, 0) is 4.57 Å². The van der Waals surface area contributed by atoms with E-state index in [1.54, 1.807) is 0 Å². The van der Waals surface area contributed by atoms with Crippen LogP contribution in [0, 0.1) is 0 Å². The Labute approximate surface area is 243 Å². The summed E-state index contributed by atoms with van der Waals surface area (Å²) in [6.07, 6.45) is 1.82. The zero-order valence-corrected chi connectivity index (χ0v) is 23.6. The van der Waals surface area contributed by atoms with E-state index < -0.39 is 7.14 Å². The number of rotatable bonds is 4. The highest BCUT2D eigenvalue weighted by Gasteiger charge is 2.31. The summed E-state index contributed by atoms with van der Waals surface area (Å²) in [5.74, 6) is 0. The van der Waals surface area contributed by atoms with E-state index in [9.17, 15) is 0 Å². The molecule has 0 N–H and O–H groups in total. The third kappa shape index (κ3) is 3.71. The van der Waals surface area contributed by atoms with Crippen LogP contribution in [0.5, 0.6) is 0 Å². The van der Waals surface area contributed by atoms with Crippen molar-refractivity contribution >= 4 is 66.4 Å². The highest BCUT2D eigenvalue weighted by molar-refractivity contribution is 7.85. The predicted molar refractivity (Wildman–Crippen MR) is 177 cm³/mol. The van der Waals surface area contributed by atoms with Gasteiger partial charge in [0.1, 0.15) is 0 Å². The van der Waals surface area contributed by atoms with E-state index in [2.05, 4.69) is 66.7 Å². The van der Waals surface area contributed by atoms with Gasteiger partial charge in [-0.3, -0.25) is 4.98 Å². The number of hydrogen-bond acceptors (Lipinski definition) is 3. The zero-order chi connectivity index (χ0) is 28.1. The lowest BCUT2D eigenvalue weighted by Crippen LogP contribution is -2.25. The minimum Gasteiger partial charge on any atom is -0.309 e. The van der Waals surface area contributed by atoms with E-state index in [1.807, 2.05) is 85.1 Å². The van der Waals surface area contributed by atoms with Crippen LogP contribution in [0.1, 0.15) is 0 Å². The Morgan fingerprint density at radius 2 is 0.952 bits per heavy atom. The highest BCUT2D eigenvalue weighted by Crippen LogP contribution is 2.45. The topological polar surface area (TPSA) is 42.9 Å². The number of fused-ring (bicyclic) bond motifs is 8. The largest absolute Gasteiger partial charge is 0.309 e. The van der Waals surface area contributed by atoms with Crippen molar-refractivity contribution in [2.24, 2.45) is 0 Å². The fourth-order valence-electron chi connectivity index (χ4n) is 6.20.